The first kappa shape index (κ1) is 21.4. The molecule has 1 aliphatic heterocycles. The first-order chi connectivity index (χ1) is 13.9. The van der Waals surface area contributed by atoms with Gasteiger partial charge in [-0.1, -0.05) is 32.0 Å². The second-order valence-corrected chi connectivity index (χ2v) is 8.99. The Labute approximate surface area is 177 Å². The van der Waals surface area contributed by atoms with Crippen LogP contribution in [0.15, 0.2) is 41.8 Å². The van der Waals surface area contributed by atoms with Gasteiger partial charge < -0.3 is 14.5 Å². The van der Waals surface area contributed by atoms with Crippen molar-refractivity contribution in [3.8, 4) is 5.75 Å². The molecular weight excluding hydrogens is 384 g/mol. The Morgan fingerprint density at radius 1 is 1.17 bits per heavy atom. The average Bonchev–Trinajstić information content (AvgIpc) is 3.19. The van der Waals surface area contributed by atoms with Crippen LogP contribution >= 0.6 is 11.3 Å². The lowest BCUT2D eigenvalue weighted by atomic mass is 10.00. The fourth-order valence-corrected chi connectivity index (χ4v) is 4.58. The van der Waals surface area contributed by atoms with E-state index in [0.717, 1.165) is 17.7 Å². The van der Waals surface area contributed by atoms with Crippen molar-refractivity contribution in [3.63, 3.8) is 0 Å². The first-order valence-corrected chi connectivity index (χ1v) is 11.1. The van der Waals surface area contributed by atoms with Gasteiger partial charge in [0.25, 0.3) is 0 Å². The summed E-state index contributed by atoms with van der Waals surface area (Å²) in [6, 6.07) is 11.6. The minimum Gasteiger partial charge on any atom is -0.491 e. The van der Waals surface area contributed by atoms with Crippen molar-refractivity contribution in [1.29, 1.82) is 0 Å². The third-order valence-electron chi connectivity index (χ3n) is 5.27. The predicted octanol–water partition coefficient (Wildman–Crippen LogP) is 4.15. The molecule has 1 aromatic carbocycles. The Morgan fingerprint density at radius 2 is 1.90 bits per heavy atom. The standard InChI is InChI=1S/C23H30N2O3S/c1-16(2)23(27)25(17(3)4)14-22(26)24-12-10-21-19(11-13-29-21)20(24)15-28-18-8-6-5-7-9-18/h5-9,11,13,16-17,20H,10,12,14-15H2,1-4H3/t20-/m0/s1. The molecule has 1 aromatic heterocycles. The minimum absolute atomic E-state index is 0.0127. The third kappa shape index (κ3) is 4.99. The van der Waals surface area contributed by atoms with Gasteiger partial charge in [0, 0.05) is 23.4 Å². The summed E-state index contributed by atoms with van der Waals surface area (Å²) in [4.78, 5) is 30.7. The lowest BCUT2D eigenvalue weighted by Crippen LogP contribution is -2.50. The molecule has 2 amide bonds. The lowest BCUT2D eigenvalue weighted by molar-refractivity contribution is -0.145. The van der Waals surface area contributed by atoms with Crippen LogP contribution in [0.25, 0.3) is 0 Å². The minimum atomic E-state index is -0.138. The summed E-state index contributed by atoms with van der Waals surface area (Å²) in [6.07, 6.45) is 0.848. The second kappa shape index (κ2) is 9.44. The zero-order chi connectivity index (χ0) is 21.0. The molecule has 0 bridgehead atoms. The maximum absolute atomic E-state index is 13.3. The highest BCUT2D eigenvalue weighted by atomic mass is 32.1. The quantitative estimate of drug-likeness (QED) is 0.684. The fourth-order valence-electron chi connectivity index (χ4n) is 3.65. The molecule has 29 heavy (non-hydrogen) atoms. The van der Waals surface area contributed by atoms with E-state index >= 15 is 0 Å². The van der Waals surface area contributed by atoms with Crippen LogP contribution in [0.5, 0.6) is 5.75 Å². The van der Waals surface area contributed by atoms with Gasteiger partial charge in [-0.2, -0.15) is 0 Å². The summed E-state index contributed by atoms with van der Waals surface area (Å²) in [7, 11) is 0. The summed E-state index contributed by atoms with van der Waals surface area (Å²) < 4.78 is 6.02. The van der Waals surface area contributed by atoms with E-state index in [9.17, 15) is 9.59 Å². The van der Waals surface area contributed by atoms with Gasteiger partial charge in [0.15, 0.2) is 0 Å². The molecule has 156 valence electrons. The normalized spacial score (nSPS) is 16.1. The molecule has 3 rings (SSSR count). The van der Waals surface area contributed by atoms with Crippen molar-refractivity contribution >= 4 is 23.2 Å². The molecule has 1 atom stereocenters. The molecule has 0 unspecified atom stereocenters. The van der Waals surface area contributed by atoms with E-state index in [1.54, 1.807) is 16.2 Å². The van der Waals surface area contributed by atoms with E-state index < -0.39 is 0 Å². The largest absolute Gasteiger partial charge is 0.491 e. The number of carbonyl (C=O) groups excluding carboxylic acids is 2. The van der Waals surface area contributed by atoms with Gasteiger partial charge in [-0.25, -0.2) is 0 Å². The predicted molar refractivity (Wildman–Crippen MR) is 116 cm³/mol. The summed E-state index contributed by atoms with van der Waals surface area (Å²) in [5, 5.41) is 2.08. The van der Waals surface area contributed by atoms with Crippen LogP contribution in [-0.4, -0.2) is 47.4 Å². The topological polar surface area (TPSA) is 49.9 Å². The van der Waals surface area contributed by atoms with Crippen molar-refractivity contribution in [2.24, 2.45) is 5.92 Å². The smallest absolute Gasteiger partial charge is 0.242 e. The molecule has 2 heterocycles. The van der Waals surface area contributed by atoms with Crippen LogP contribution in [0, 0.1) is 5.92 Å². The Bertz CT molecular complexity index is 832. The second-order valence-electron chi connectivity index (χ2n) is 7.99. The van der Waals surface area contributed by atoms with Crippen LogP contribution in [0.4, 0.5) is 0 Å². The Kier molecular flexibility index (Phi) is 6.96. The molecule has 1 aliphatic rings. The molecule has 0 saturated heterocycles. The summed E-state index contributed by atoms with van der Waals surface area (Å²) in [5.74, 6) is 0.651. The molecule has 5 nitrogen and oxygen atoms in total. The van der Waals surface area contributed by atoms with Crippen LogP contribution in [0.1, 0.15) is 44.2 Å². The van der Waals surface area contributed by atoms with E-state index in [4.69, 9.17) is 4.74 Å². The number of ether oxygens (including phenoxy) is 1. The number of hydrogen-bond acceptors (Lipinski definition) is 4. The van der Waals surface area contributed by atoms with Gasteiger partial charge in [-0.3, -0.25) is 9.59 Å². The highest BCUT2D eigenvalue weighted by Gasteiger charge is 2.34. The average molecular weight is 415 g/mol. The van der Waals surface area contributed by atoms with Crippen LogP contribution in [-0.2, 0) is 16.0 Å². The van der Waals surface area contributed by atoms with Gasteiger partial charge in [-0.15, -0.1) is 11.3 Å². The van der Waals surface area contributed by atoms with Crippen LogP contribution < -0.4 is 4.74 Å². The number of benzene rings is 1. The van der Waals surface area contributed by atoms with E-state index in [-0.39, 0.29) is 36.4 Å². The maximum atomic E-state index is 13.3. The number of carbonyl (C=O) groups is 2. The van der Waals surface area contributed by atoms with Crippen LogP contribution in [0.2, 0.25) is 0 Å². The van der Waals surface area contributed by atoms with Crippen LogP contribution in [0.3, 0.4) is 0 Å². The highest BCUT2D eigenvalue weighted by molar-refractivity contribution is 7.10. The summed E-state index contributed by atoms with van der Waals surface area (Å²) in [5.41, 5.74) is 1.16. The van der Waals surface area contributed by atoms with E-state index in [2.05, 4.69) is 11.4 Å². The van der Waals surface area contributed by atoms with E-state index in [1.807, 2.05) is 62.9 Å². The zero-order valence-electron chi connectivity index (χ0n) is 17.6. The highest BCUT2D eigenvalue weighted by Crippen LogP contribution is 2.34. The molecule has 0 spiro atoms. The van der Waals surface area contributed by atoms with E-state index in [0.29, 0.717) is 13.2 Å². The van der Waals surface area contributed by atoms with Gasteiger partial charge >= 0.3 is 0 Å². The molecule has 2 aromatic rings. The van der Waals surface area contributed by atoms with Gasteiger partial charge in [0.1, 0.15) is 18.9 Å². The first-order valence-electron chi connectivity index (χ1n) is 10.2. The molecule has 0 aliphatic carbocycles. The summed E-state index contributed by atoms with van der Waals surface area (Å²) >= 11 is 1.73. The number of hydrogen-bond donors (Lipinski definition) is 0. The SMILES string of the molecule is CC(C)C(=O)N(CC(=O)N1CCc2sccc2[C@@H]1COc1ccccc1)C(C)C. The van der Waals surface area contributed by atoms with Crippen molar-refractivity contribution in [2.75, 3.05) is 19.7 Å². The monoisotopic (exact) mass is 414 g/mol. The number of para-hydroxylation sites is 1. The molecule has 6 heteroatoms. The van der Waals surface area contributed by atoms with Gasteiger partial charge in [-0.05, 0) is 49.4 Å². The number of amides is 2. The molecule has 0 fully saturated rings. The lowest BCUT2D eigenvalue weighted by Gasteiger charge is -2.38. The third-order valence-corrected chi connectivity index (χ3v) is 6.27. The number of rotatable bonds is 7. The fraction of sp³-hybridized carbons (Fsp3) is 0.478. The molecular formula is C23H30N2O3S. The number of thiophene rings is 1. The Hall–Kier alpha value is -2.34. The van der Waals surface area contributed by atoms with Crippen molar-refractivity contribution in [1.82, 2.24) is 9.80 Å². The molecule has 0 radical (unpaired) electrons. The molecule has 0 saturated carbocycles. The van der Waals surface area contributed by atoms with Gasteiger partial charge in [0.2, 0.25) is 11.8 Å². The number of nitrogens with zero attached hydrogens (tertiary/aromatic N) is 2. The maximum Gasteiger partial charge on any atom is 0.242 e. The Morgan fingerprint density at radius 3 is 2.55 bits per heavy atom. The van der Waals surface area contributed by atoms with Crippen molar-refractivity contribution in [2.45, 2.75) is 46.2 Å². The van der Waals surface area contributed by atoms with Crippen molar-refractivity contribution in [3.05, 3.63) is 52.2 Å². The van der Waals surface area contributed by atoms with Crippen molar-refractivity contribution < 1.29 is 14.3 Å². The van der Waals surface area contributed by atoms with E-state index in [1.165, 1.54) is 4.88 Å². The number of fused-ring (bicyclic) bond motifs is 1. The van der Waals surface area contributed by atoms with Gasteiger partial charge in [0.05, 0.1) is 6.04 Å². The summed E-state index contributed by atoms with van der Waals surface area (Å²) in [6.45, 7) is 8.81. The zero-order valence-corrected chi connectivity index (χ0v) is 18.4. The Balaban J connectivity index is 1.78. The molecule has 0 N–H and O–H groups in total.